The maximum Gasteiger partial charge on any atom is 0.157 e. The van der Waals surface area contributed by atoms with Gasteiger partial charge >= 0.3 is 0 Å². The first-order valence-electron chi connectivity index (χ1n) is 4.79. The fourth-order valence-electron chi connectivity index (χ4n) is 1.07. The Kier molecular flexibility index (Phi) is 3.93. The molecule has 0 atom stereocenters. The summed E-state index contributed by atoms with van der Waals surface area (Å²) in [6.07, 6.45) is 0.461. The standard InChI is InChI=1S/C11H16ClNOS/c1-11(2,13(3)4)9(14)7-8-5-6-10(12)15-8/h5-6H,7H2,1-4H3. The molecule has 0 aliphatic heterocycles. The van der Waals surface area contributed by atoms with Crippen molar-refractivity contribution < 1.29 is 4.79 Å². The Morgan fingerprint density at radius 1 is 1.47 bits per heavy atom. The zero-order valence-electron chi connectivity index (χ0n) is 9.50. The second-order valence-corrected chi connectivity index (χ2v) is 6.06. The number of nitrogens with zero attached hydrogens (tertiary/aromatic N) is 1. The Morgan fingerprint density at radius 3 is 2.47 bits per heavy atom. The third kappa shape index (κ3) is 3.03. The van der Waals surface area contributed by atoms with E-state index in [4.69, 9.17) is 11.6 Å². The number of rotatable bonds is 4. The zero-order valence-corrected chi connectivity index (χ0v) is 11.1. The van der Waals surface area contributed by atoms with E-state index in [2.05, 4.69) is 0 Å². The minimum atomic E-state index is -0.420. The van der Waals surface area contributed by atoms with Gasteiger partial charge in [-0.1, -0.05) is 11.6 Å². The lowest BCUT2D eigenvalue weighted by Crippen LogP contribution is -2.46. The third-order valence-corrected chi connectivity index (χ3v) is 4.00. The van der Waals surface area contributed by atoms with Gasteiger partial charge < -0.3 is 0 Å². The van der Waals surface area contributed by atoms with Crippen LogP contribution >= 0.6 is 22.9 Å². The van der Waals surface area contributed by atoms with E-state index in [9.17, 15) is 4.79 Å². The molecule has 1 aromatic heterocycles. The number of thiophene rings is 1. The lowest BCUT2D eigenvalue weighted by molar-refractivity contribution is -0.127. The van der Waals surface area contributed by atoms with Crippen molar-refractivity contribution in [3.05, 3.63) is 21.3 Å². The molecule has 0 N–H and O–H groups in total. The van der Waals surface area contributed by atoms with Crippen molar-refractivity contribution in [2.45, 2.75) is 25.8 Å². The number of hydrogen-bond donors (Lipinski definition) is 0. The van der Waals surface area contributed by atoms with Gasteiger partial charge in [-0.3, -0.25) is 9.69 Å². The number of likely N-dealkylation sites (N-methyl/N-ethyl adjacent to an activating group) is 1. The van der Waals surface area contributed by atoms with Crippen LogP contribution in [0.3, 0.4) is 0 Å². The second kappa shape index (κ2) is 4.64. The summed E-state index contributed by atoms with van der Waals surface area (Å²) in [5.74, 6) is 0.214. The van der Waals surface area contributed by atoms with Crippen LogP contribution in [0, 0.1) is 0 Å². The highest BCUT2D eigenvalue weighted by atomic mass is 35.5. The van der Waals surface area contributed by atoms with Crippen molar-refractivity contribution in [2.24, 2.45) is 0 Å². The largest absolute Gasteiger partial charge is 0.298 e. The van der Waals surface area contributed by atoms with Crippen LogP contribution in [-0.2, 0) is 11.2 Å². The molecule has 0 unspecified atom stereocenters. The normalized spacial score (nSPS) is 12.1. The SMILES string of the molecule is CN(C)C(C)(C)C(=O)Cc1ccc(Cl)s1. The molecule has 0 spiro atoms. The molecule has 0 aliphatic rings. The monoisotopic (exact) mass is 245 g/mol. The topological polar surface area (TPSA) is 20.3 Å². The molecule has 1 heterocycles. The van der Waals surface area contributed by atoms with E-state index in [0.717, 1.165) is 9.21 Å². The van der Waals surface area contributed by atoms with E-state index in [1.807, 2.05) is 45.0 Å². The van der Waals surface area contributed by atoms with E-state index in [1.54, 1.807) is 0 Å². The molecule has 0 fully saturated rings. The van der Waals surface area contributed by atoms with E-state index < -0.39 is 5.54 Å². The molecule has 0 amide bonds. The van der Waals surface area contributed by atoms with E-state index in [0.29, 0.717) is 6.42 Å². The van der Waals surface area contributed by atoms with Gasteiger partial charge in [-0.05, 0) is 40.1 Å². The quantitative estimate of drug-likeness (QED) is 0.813. The molecular weight excluding hydrogens is 230 g/mol. The summed E-state index contributed by atoms with van der Waals surface area (Å²) in [6, 6.07) is 3.74. The fraction of sp³-hybridized carbons (Fsp3) is 0.545. The Bertz CT molecular complexity index is 357. The van der Waals surface area contributed by atoms with Gasteiger partial charge in [0.25, 0.3) is 0 Å². The maximum absolute atomic E-state index is 12.0. The van der Waals surface area contributed by atoms with Gasteiger partial charge in [0.05, 0.1) is 9.88 Å². The Hall–Kier alpha value is -0.380. The highest BCUT2D eigenvalue weighted by Crippen LogP contribution is 2.24. The third-order valence-electron chi connectivity index (χ3n) is 2.76. The van der Waals surface area contributed by atoms with Crippen molar-refractivity contribution in [1.29, 1.82) is 0 Å². The summed E-state index contributed by atoms with van der Waals surface area (Å²) < 4.78 is 0.737. The van der Waals surface area contributed by atoms with Crippen LogP contribution in [0.15, 0.2) is 12.1 Å². The van der Waals surface area contributed by atoms with Gasteiger partial charge in [0, 0.05) is 11.3 Å². The summed E-state index contributed by atoms with van der Waals surface area (Å²) in [6.45, 7) is 3.87. The summed E-state index contributed by atoms with van der Waals surface area (Å²) in [4.78, 5) is 15.0. The maximum atomic E-state index is 12.0. The molecule has 0 aliphatic carbocycles. The van der Waals surface area contributed by atoms with Gasteiger partial charge in [-0.15, -0.1) is 11.3 Å². The molecule has 84 valence electrons. The first-order valence-corrected chi connectivity index (χ1v) is 5.98. The number of ketones is 1. The lowest BCUT2D eigenvalue weighted by atomic mass is 9.95. The first-order chi connectivity index (χ1) is 6.84. The van der Waals surface area contributed by atoms with Gasteiger partial charge in [0.1, 0.15) is 0 Å². The second-order valence-electron chi connectivity index (χ2n) is 4.26. The zero-order chi connectivity index (χ0) is 11.6. The van der Waals surface area contributed by atoms with Gasteiger partial charge in [-0.25, -0.2) is 0 Å². The van der Waals surface area contributed by atoms with Crippen LogP contribution < -0.4 is 0 Å². The van der Waals surface area contributed by atoms with E-state index >= 15 is 0 Å². The van der Waals surface area contributed by atoms with Crippen molar-refractivity contribution in [3.8, 4) is 0 Å². The molecule has 0 saturated heterocycles. The molecular formula is C11H16ClNOS. The summed E-state index contributed by atoms with van der Waals surface area (Å²) in [5, 5.41) is 0. The molecule has 2 nitrogen and oxygen atoms in total. The van der Waals surface area contributed by atoms with Crippen LogP contribution in [0.25, 0.3) is 0 Å². The van der Waals surface area contributed by atoms with Crippen molar-refractivity contribution >= 4 is 28.7 Å². The minimum Gasteiger partial charge on any atom is -0.298 e. The minimum absolute atomic E-state index is 0.214. The number of carbonyl (C=O) groups excluding carboxylic acids is 1. The van der Waals surface area contributed by atoms with Crippen LogP contribution in [0.2, 0.25) is 4.34 Å². The summed E-state index contributed by atoms with van der Waals surface area (Å²) in [7, 11) is 3.83. The van der Waals surface area contributed by atoms with Crippen molar-refractivity contribution in [1.82, 2.24) is 4.90 Å². The summed E-state index contributed by atoms with van der Waals surface area (Å²) >= 11 is 7.29. The Morgan fingerprint density at radius 2 is 2.07 bits per heavy atom. The van der Waals surface area contributed by atoms with E-state index in [-0.39, 0.29) is 5.78 Å². The van der Waals surface area contributed by atoms with Gasteiger partial charge in [-0.2, -0.15) is 0 Å². The van der Waals surface area contributed by atoms with Crippen molar-refractivity contribution in [2.75, 3.05) is 14.1 Å². The number of halogens is 1. The molecule has 1 aromatic rings. The average Bonchev–Trinajstić information content (AvgIpc) is 2.50. The molecule has 0 bridgehead atoms. The molecule has 0 radical (unpaired) electrons. The predicted molar refractivity (Wildman–Crippen MR) is 65.8 cm³/mol. The number of Topliss-reactive ketones (excluding diaryl/α,β-unsaturated/α-hetero) is 1. The van der Waals surface area contributed by atoms with Crippen molar-refractivity contribution in [3.63, 3.8) is 0 Å². The molecule has 1 rings (SSSR count). The molecule has 0 saturated carbocycles. The number of carbonyl (C=O) groups is 1. The fourth-order valence-corrected chi connectivity index (χ4v) is 2.16. The van der Waals surface area contributed by atoms with E-state index in [1.165, 1.54) is 11.3 Å². The average molecular weight is 246 g/mol. The molecule has 4 heteroatoms. The predicted octanol–water partition coefficient (Wildman–Crippen LogP) is 2.85. The highest BCUT2D eigenvalue weighted by Gasteiger charge is 2.29. The smallest absolute Gasteiger partial charge is 0.157 e. The van der Waals surface area contributed by atoms with Gasteiger partial charge in [0.2, 0.25) is 0 Å². The number of hydrogen-bond acceptors (Lipinski definition) is 3. The Balaban J connectivity index is 2.71. The van der Waals surface area contributed by atoms with Crippen LogP contribution in [0.4, 0.5) is 0 Å². The van der Waals surface area contributed by atoms with Crippen LogP contribution in [0.5, 0.6) is 0 Å². The van der Waals surface area contributed by atoms with Crippen LogP contribution in [-0.4, -0.2) is 30.3 Å². The first kappa shape index (κ1) is 12.7. The molecule has 15 heavy (non-hydrogen) atoms. The van der Waals surface area contributed by atoms with Crippen LogP contribution in [0.1, 0.15) is 18.7 Å². The highest BCUT2D eigenvalue weighted by molar-refractivity contribution is 7.16. The summed E-state index contributed by atoms with van der Waals surface area (Å²) in [5.41, 5.74) is -0.420. The van der Waals surface area contributed by atoms with Gasteiger partial charge in [0.15, 0.2) is 5.78 Å². The lowest BCUT2D eigenvalue weighted by Gasteiger charge is -2.30. The molecule has 0 aromatic carbocycles. The Labute approximate surface area is 99.9 Å².